The molecule has 0 saturated carbocycles. The van der Waals surface area contributed by atoms with E-state index in [1.165, 1.54) is 16.7 Å². The van der Waals surface area contributed by atoms with Crippen molar-refractivity contribution in [3.63, 3.8) is 0 Å². The molecule has 3 aromatic rings. The van der Waals surface area contributed by atoms with Crippen molar-refractivity contribution in [2.75, 3.05) is 18.1 Å². The Balaban J connectivity index is 1.62. The number of H-pyrrole nitrogens is 1. The SMILES string of the molecule is CCOC(=O)COc1ccc(Cl)cc1C1c2sc(=O)[nH]c2SC2C(=O)N(c3ccccc3)C(=O)C21. The van der Waals surface area contributed by atoms with Crippen LogP contribution in [-0.2, 0) is 19.1 Å². The van der Waals surface area contributed by atoms with Gasteiger partial charge >= 0.3 is 10.8 Å². The number of imide groups is 1. The number of carbonyl (C=O) groups excluding carboxylic acids is 3. The van der Waals surface area contributed by atoms with E-state index in [0.717, 1.165) is 11.3 Å². The fourth-order valence-corrected chi connectivity index (χ4v) is 7.10. The van der Waals surface area contributed by atoms with E-state index < -0.39 is 23.1 Å². The minimum absolute atomic E-state index is 0.214. The molecule has 1 aromatic heterocycles. The molecule has 3 unspecified atom stereocenters. The van der Waals surface area contributed by atoms with Gasteiger partial charge in [-0.15, -0.1) is 0 Å². The van der Waals surface area contributed by atoms with E-state index in [-0.39, 0.29) is 29.9 Å². The van der Waals surface area contributed by atoms with Crippen molar-refractivity contribution in [1.29, 1.82) is 0 Å². The van der Waals surface area contributed by atoms with Crippen molar-refractivity contribution in [3.05, 3.63) is 73.7 Å². The third-order valence-electron chi connectivity index (χ3n) is 5.80. The molecule has 3 atom stereocenters. The second kappa shape index (κ2) is 9.52. The van der Waals surface area contributed by atoms with E-state index in [2.05, 4.69) is 4.98 Å². The molecule has 0 bridgehead atoms. The predicted octanol–water partition coefficient (Wildman–Crippen LogP) is 3.83. The molecule has 1 fully saturated rings. The highest BCUT2D eigenvalue weighted by Crippen LogP contribution is 2.54. The second-order valence-electron chi connectivity index (χ2n) is 7.87. The standard InChI is InChI=1S/C24H19ClN2O6S2/c1-2-32-16(28)11-33-15-9-8-12(25)10-14(15)17-18-20(34-21-19(17)35-24(31)26-21)23(30)27(22(18)29)13-6-4-3-5-7-13/h3-10,17-18,20H,2,11H2,1H3,(H,26,31). The van der Waals surface area contributed by atoms with Crippen molar-refractivity contribution >= 4 is 58.2 Å². The van der Waals surface area contributed by atoms with Gasteiger partial charge in [-0.05, 0) is 37.3 Å². The number of ether oxygens (including phenoxy) is 2. The summed E-state index contributed by atoms with van der Waals surface area (Å²) < 4.78 is 10.7. The quantitative estimate of drug-likeness (QED) is 0.381. The number of nitrogens with one attached hydrogen (secondary N) is 1. The van der Waals surface area contributed by atoms with Crippen LogP contribution >= 0.6 is 34.7 Å². The highest BCUT2D eigenvalue weighted by molar-refractivity contribution is 8.00. The lowest BCUT2D eigenvalue weighted by Crippen LogP contribution is -2.32. The van der Waals surface area contributed by atoms with Crippen molar-refractivity contribution in [1.82, 2.24) is 4.98 Å². The summed E-state index contributed by atoms with van der Waals surface area (Å²) in [6, 6.07) is 13.6. The third kappa shape index (κ3) is 4.26. The first-order valence-corrected chi connectivity index (χ1v) is 12.9. The molecule has 0 radical (unpaired) electrons. The number of thioether (sulfide) groups is 1. The molecule has 8 nitrogen and oxygen atoms in total. The number of rotatable bonds is 6. The van der Waals surface area contributed by atoms with Crippen LogP contribution in [0.15, 0.2) is 58.4 Å². The van der Waals surface area contributed by atoms with Gasteiger partial charge in [0.1, 0.15) is 11.0 Å². The lowest BCUT2D eigenvalue weighted by Gasteiger charge is -2.31. The average molecular weight is 531 g/mol. The highest BCUT2D eigenvalue weighted by atomic mass is 35.5. The lowest BCUT2D eigenvalue weighted by atomic mass is 9.82. The smallest absolute Gasteiger partial charge is 0.344 e. The van der Waals surface area contributed by atoms with Gasteiger partial charge in [-0.2, -0.15) is 0 Å². The van der Waals surface area contributed by atoms with Crippen LogP contribution in [0.4, 0.5) is 5.69 Å². The summed E-state index contributed by atoms with van der Waals surface area (Å²) in [5.41, 5.74) is 1.00. The van der Waals surface area contributed by atoms with Crippen LogP contribution in [0.5, 0.6) is 5.75 Å². The Hall–Kier alpha value is -3.08. The van der Waals surface area contributed by atoms with Crippen molar-refractivity contribution in [3.8, 4) is 5.75 Å². The molecule has 1 saturated heterocycles. The number of fused-ring (bicyclic) bond motifs is 2. The fourth-order valence-electron chi connectivity index (χ4n) is 4.42. The average Bonchev–Trinajstić information content (AvgIpc) is 3.33. The Morgan fingerprint density at radius 2 is 1.89 bits per heavy atom. The maximum Gasteiger partial charge on any atom is 0.344 e. The number of amides is 2. The maximum atomic E-state index is 13.8. The van der Waals surface area contributed by atoms with Gasteiger partial charge in [-0.3, -0.25) is 14.4 Å². The van der Waals surface area contributed by atoms with Gasteiger partial charge in [0.05, 0.1) is 23.2 Å². The Kier molecular flexibility index (Phi) is 6.43. The Bertz CT molecular complexity index is 1370. The number of hydrogen-bond donors (Lipinski definition) is 1. The number of para-hydroxylation sites is 1. The monoisotopic (exact) mass is 530 g/mol. The molecule has 2 amide bonds. The second-order valence-corrected chi connectivity index (χ2v) is 10.5. The molecule has 0 spiro atoms. The number of thiazole rings is 1. The minimum atomic E-state index is -0.796. The molecule has 5 rings (SSSR count). The number of esters is 1. The summed E-state index contributed by atoms with van der Waals surface area (Å²) in [6.07, 6.45) is 0. The maximum absolute atomic E-state index is 13.8. The van der Waals surface area contributed by atoms with E-state index in [1.54, 1.807) is 55.5 Å². The molecule has 2 aliphatic rings. The molecule has 1 N–H and O–H groups in total. The number of halogens is 1. The van der Waals surface area contributed by atoms with Crippen LogP contribution in [0.25, 0.3) is 0 Å². The van der Waals surface area contributed by atoms with Crippen LogP contribution in [0, 0.1) is 5.92 Å². The topological polar surface area (TPSA) is 106 Å². The van der Waals surface area contributed by atoms with Gasteiger partial charge in [-0.1, -0.05) is 52.9 Å². The number of anilines is 1. The Morgan fingerprint density at radius 3 is 2.63 bits per heavy atom. The van der Waals surface area contributed by atoms with E-state index in [4.69, 9.17) is 21.1 Å². The zero-order chi connectivity index (χ0) is 24.7. The number of carbonyl (C=O) groups is 3. The summed E-state index contributed by atoms with van der Waals surface area (Å²) in [5, 5.41) is 0.181. The summed E-state index contributed by atoms with van der Waals surface area (Å²) >= 11 is 8.50. The number of benzene rings is 2. The van der Waals surface area contributed by atoms with Gasteiger partial charge in [0.2, 0.25) is 11.8 Å². The first-order chi connectivity index (χ1) is 16.9. The van der Waals surface area contributed by atoms with Gasteiger partial charge in [0.25, 0.3) is 0 Å². The van der Waals surface area contributed by atoms with Crippen molar-refractivity contribution in [2.24, 2.45) is 5.92 Å². The van der Waals surface area contributed by atoms with Crippen LogP contribution in [-0.4, -0.2) is 41.2 Å². The van der Waals surface area contributed by atoms with Gasteiger partial charge in [0.15, 0.2) is 6.61 Å². The van der Waals surface area contributed by atoms with Crippen LogP contribution in [0.2, 0.25) is 5.02 Å². The zero-order valence-electron chi connectivity index (χ0n) is 18.4. The Morgan fingerprint density at radius 1 is 1.11 bits per heavy atom. The predicted molar refractivity (Wildman–Crippen MR) is 132 cm³/mol. The lowest BCUT2D eigenvalue weighted by molar-refractivity contribution is -0.145. The summed E-state index contributed by atoms with van der Waals surface area (Å²) in [7, 11) is 0. The first kappa shape index (κ1) is 23.7. The highest BCUT2D eigenvalue weighted by Gasteiger charge is 2.56. The molecule has 2 aromatic carbocycles. The summed E-state index contributed by atoms with van der Waals surface area (Å²) in [5.74, 6) is -2.42. The molecule has 2 aliphatic heterocycles. The van der Waals surface area contributed by atoms with E-state index in [1.807, 2.05) is 0 Å². The molecular weight excluding hydrogens is 512 g/mol. The first-order valence-electron chi connectivity index (χ1n) is 10.8. The van der Waals surface area contributed by atoms with Crippen LogP contribution < -0.4 is 14.5 Å². The van der Waals surface area contributed by atoms with E-state index in [9.17, 15) is 19.2 Å². The molecule has 180 valence electrons. The van der Waals surface area contributed by atoms with Crippen LogP contribution in [0.1, 0.15) is 23.3 Å². The molecule has 3 heterocycles. The largest absolute Gasteiger partial charge is 0.482 e. The third-order valence-corrected chi connectivity index (χ3v) is 8.43. The van der Waals surface area contributed by atoms with E-state index >= 15 is 0 Å². The molecule has 11 heteroatoms. The number of aromatic nitrogens is 1. The van der Waals surface area contributed by atoms with Gasteiger partial charge in [-0.25, -0.2) is 9.69 Å². The molecule has 0 aliphatic carbocycles. The zero-order valence-corrected chi connectivity index (χ0v) is 20.7. The van der Waals surface area contributed by atoms with Gasteiger partial charge in [0, 0.05) is 21.4 Å². The number of aromatic amines is 1. The van der Waals surface area contributed by atoms with Crippen molar-refractivity contribution in [2.45, 2.75) is 23.1 Å². The summed E-state index contributed by atoms with van der Waals surface area (Å²) in [4.78, 5) is 55.8. The number of nitrogens with zero attached hydrogens (tertiary/aromatic N) is 1. The van der Waals surface area contributed by atoms with Crippen LogP contribution in [0.3, 0.4) is 0 Å². The normalized spacial score (nSPS) is 21.0. The summed E-state index contributed by atoms with van der Waals surface area (Å²) in [6.45, 7) is 1.57. The van der Waals surface area contributed by atoms with Crippen molar-refractivity contribution < 1.29 is 23.9 Å². The number of hydrogen-bond acceptors (Lipinski definition) is 8. The molecule has 35 heavy (non-hydrogen) atoms. The van der Waals surface area contributed by atoms with Gasteiger partial charge < -0.3 is 14.5 Å². The van der Waals surface area contributed by atoms with E-state index in [0.29, 0.717) is 31.9 Å². The fraction of sp³-hybridized carbons (Fsp3) is 0.250. The Labute approximate surface area is 213 Å². The minimum Gasteiger partial charge on any atom is -0.482 e. The molecular formula is C24H19ClN2O6S2.